The first-order chi connectivity index (χ1) is 4.96. The average Bonchev–Trinajstić information content (AvgIpc) is 2.01. The lowest BCUT2D eigenvalue weighted by molar-refractivity contribution is -0.0916. The van der Waals surface area contributed by atoms with E-state index in [1.54, 1.807) is 20.8 Å². The molecule has 0 rings (SSSR count). The Morgan fingerprint density at radius 2 is 2.00 bits per heavy atom. The van der Waals surface area contributed by atoms with E-state index in [2.05, 4.69) is 0 Å². The van der Waals surface area contributed by atoms with Crippen LogP contribution in [-0.2, 0) is 4.74 Å². The van der Waals surface area contributed by atoms with Gasteiger partial charge in [-0.2, -0.15) is 5.26 Å². The smallest absolute Gasteiger partial charge is 0.103 e. The molecule has 0 aromatic rings. The van der Waals surface area contributed by atoms with Crippen LogP contribution in [0.25, 0.3) is 0 Å². The molecule has 3 nitrogen and oxygen atoms in total. The minimum Gasteiger partial charge on any atom is -0.386 e. The molecular formula is C8H15NO2. The van der Waals surface area contributed by atoms with Crippen LogP contribution in [0.15, 0.2) is 0 Å². The van der Waals surface area contributed by atoms with Crippen LogP contribution in [-0.4, -0.2) is 23.9 Å². The van der Waals surface area contributed by atoms with Gasteiger partial charge in [0.05, 0.1) is 18.1 Å². The molecule has 0 aromatic heterocycles. The van der Waals surface area contributed by atoms with E-state index in [9.17, 15) is 5.11 Å². The lowest BCUT2D eigenvalue weighted by atomic mass is 9.87. The summed E-state index contributed by atoms with van der Waals surface area (Å²) in [5.41, 5.74) is -1.07. The SMILES string of the molecule is COC(C)C(C)(O)C(C)C#N. The first kappa shape index (κ1) is 10.4. The van der Waals surface area contributed by atoms with E-state index >= 15 is 0 Å². The highest BCUT2D eigenvalue weighted by atomic mass is 16.5. The standard InChI is InChI=1S/C8H15NO2/c1-6(5-9)8(3,10)7(2)11-4/h6-7,10H,1-4H3. The van der Waals surface area contributed by atoms with E-state index in [1.807, 2.05) is 6.07 Å². The molecule has 1 N–H and O–H groups in total. The fraction of sp³-hybridized carbons (Fsp3) is 0.875. The normalized spacial score (nSPS) is 21.5. The van der Waals surface area contributed by atoms with Gasteiger partial charge in [-0.25, -0.2) is 0 Å². The number of nitriles is 1. The fourth-order valence-electron chi connectivity index (χ4n) is 0.721. The van der Waals surface area contributed by atoms with Crippen molar-refractivity contribution in [2.75, 3.05) is 7.11 Å². The van der Waals surface area contributed by atoms with Crippen LogP contribution in [0.3, 0.4) is 0 Å². The Morgan fingerprint density at radius 1 is 1.55 bits per heavy atom. The third-order valence-corrected chi connectivity index (χ3v) is 2.25. The van der Waals surface area contributed by atoms with Crippen molar-refractivity contribution in [2.24, 2.45) is 5.92 Å². The number of nitrogens with zero attached hydrogens (tertiary/aromatic N) is 1. The zero-order valence-corrected chi connectivity index (χ0v) is 7.46. The van der Waals surface area contributed by atoms with Crippen molar-refractivity contribution in [1.29, 1.82) is 5.26 Å². The van der Waals surface area contributed by atoms with Gasteiger partial charge in [-0.1, -0.05) is 0 Å². The molecule has 0 heterocycles. The molecule has 64 valence electrons. The predicted octanol–water partition coefficient (Wildman–Crippen LogP) is 0.932. The lowest BCUT2D eigenvalue weighted by Crippen LogP contribution is -2.43. The van der Waals surface area contributed by atoms with Gasteiger partial charge in [0.15, 0.2) is 0 Å². The van der Waals surface area contributed by atoms with Crippen LogP contribution in [0.1, 0.15) is 20.8 Å². The largest absolute Gasteiger partial charge is 0.386 e. The Kier molecular flexibility index (Phi) is 3.50. The molecule has 0 saturated heterocycles. The number of rotatable bonds is 3. The van der Waals surface area contributed by atoms with Crippen LogP contribution < -0.4 is 0 Å². The predicted molar refractivity (Wildman–Crippen MR) is 41.9 cm³/mol. The van der Waals surface area contributed by atoms with Gasteiger partial charge in [-0.3, -0.25) is 0 Å². The quantitative estimate of drug-likeness (QED) is 0.663. The van der Waals surface area contributed by atoms with E-state index in [0.717, 1.165) is 0 Å². The van der Waals surface area contributed by atoms with Gasteiger partial charge >= 0.3 is 0 Å². The summed E-state index contributed by atoms with van der Waals surface area (Å²) in [7, 11) is 1.52. The number of methoxy groups -OCH3 is 1. The van der Waals surface area contributed by atoms with E-state index in [-0.39, 0.29) is 6.10 Å². The summed E-state index contributed by atoms with van der Waals surface area (Å²) < 4.78 is 4.94. The maximum Gasteiger partial charge on any atom is 0.103 e. The maximum absolute atomic E-state index is 9.70. The van der Waals surface area contributed by atoms with Gasteiger partial charge < -0.3 is 9.84 Å². The van der Waals surface area contributed by atoms with Gasteiger partial charge in [0.1, 0.15) is 5.60 Å². The second-order valence-electron chi connectivity index (χ2n) is 2.95. The van der Waals surface area contributed by atoms with E-state index in [4.69, 9.17) is 10.00 Å². The topological polar surface area (TPSA) is 53.2 Å². The molecule has 0 saturated carbocycles. The molecule has 3 heteroatoms. The van der Waals surface area contributed by atoms with Crippen molar-refractivity contribution in [3.05, 3.63) is 0 Å². The average molecular weight is 157 g/mol. The molecule has 11 heavy (non-hydrogen) atoms. The second kappa shape index (κ2) is 3.70. The van der Waals surface area contributed by atoms with Gasteiger partial charge in [0.25, 0.3) is 0 Å². The van der Waals surface area contributed by atoms with Crippen molar-refractivity contribution < 1.29 is 9.84 Å². The summed E-state index contributed by atoms with van der Waals surface area (Å²) in [6.45, 7) is 5.03. The number of hydrogen-bond acceptors (Lipinski definition) is 3. The van der Waals surface area contributed by atoms with E-state index in [1.165, 1.54) is 7.11 Å². The molecule has 0 aromatic carbocycles. The molecule has 0 aliphatic heterocycles. The molecule has 0 spiro atoms. The molecule has 0 fully saturated rings. The maximum atomic E-state index is 9.70. The molecule has 3 atom stereocenters. The molecular weight excluding hydrogens is 142 g/mol. The molecule has 0 bridgehead atoms. The Bertz CT molecular complexity index is 160. The highest BCUT2D eigenvalue weighted by molar-refractivity contribution is 4.96. The highest BCUT2D eigenvalue weighted by Gasteiger charge is 2.34. The number of ether oxygens (including phenoxy) is 1. The van der Waals surface area contributed by atoms with Crippen molar-refractivity contribution in [3.8, 4) is 6.07 Å². The third kappa shape index (κ3) is 2.18. The van der Waals surface area contributed by atoms with Crippen LogP contribution in [0.4, 0.5) is 0 Å². The van der Waals surface area contributed by atoms with Gasteiger partial charge in [0.2, 0.25) is 0 Å². The molecule has 3 unspecified atom stereocenters. The summed E-state index contributed by atoms with van der Waals surface area (Å²) in [5, 5.41) is 18.3. The number of hydrogen-bond donors (Lipinski definition) is 1. The second-order valence-corrected chi connectivity index (χ2v) is 2.95. The molecule has 0 amide bonds. The van der Waals surface area contributed by atoms with Crippen molar-refractivity contribution in [1.82, 2.24) is 0 Å². The molecule has 0 aliphatic rings. The summed E-state index contributed by atoms with van der Waals surface area (Å²) >= 11 is 0. The van der Waals surface area contributed by atoms with Crippen molar-refractivity contribution in [2.45, 2.75) is 32.5 Å². The minimum atomic E-state index is -1.07. The van der Waals surface area contributed by atoms with Crippen LogP contribution in [0.5, 0.6) is 0 Å². The van der Waals surface area contributed by atoms with E-state index in [0.29, 0.717) is 0 Å². The van der Waals surface area contributed by atoms with Crippen molar-refractivity contribution >= 4 is 0 Å². The lowest BCUT2D eigenvalue weighted by Gasteiger charge is -2.31. The van der Waals surface area contributed by atoms with Crippen LogP contribution in [0, 0.1) is 17.2 Å². The first-order valence-corrected chi connectivity index (χ1v) is 3.61. The fourth-order valence-corrected chi connectivity index (χ4v) is 0.721. The zero-order valence-electron chi connectivity index (χ0n) is 7.46. The highest BCUT2D eigenvalue weighted by Crippen LogP contribution is 2.21. The van der Waals surface area contributed by atoms with Crippen LogP contribution >= 0.6 is 0 Å². The minimum absolute atomic E-state index is 0.322. The Balaban J connectivity index is 4.33. The monoisotopic (exact) mass is 157 g/mol. The zero-order chi connectivity index (χ0) is 9.07. The van der Waals surface area contributed by atoms with E-state index < -0.39 is 11.5 Å². The Hall–Kier alpha value is -0.590. The van der Waals surface area contributed by atoms with Gasteiger partial charge in [-0.05, 0) is 20.8 Å². The van der Waals surface area contributed by atoms with Gasteiger partial charge in [-0.15, -0.1) is 0 Å². The Morgan fingerprint density at radius 3 is 2.27 bits per heavy atom. The van der Waals surface area contributed by atoms with Crippen molar-refractivity contribution in [3.63, 3.8) is 0 Å². The number of aliphatic hydroxyl groups is 1. The third-order valence-electron chi connectivity index (χ3n) is 2.25. The Labute approximate surface area is 67.6 Å². The summed E-state index contributed by atoms with van der Waals surface area (Å²) in [4.78, 5) is 0. The summed E-state index contributed by atoms with van der Waals surface area (Å²) in [5.74, 6) is -0.419. The van der Waals surface area contributed by atoms with Gasteiger partial charge in [0, 0.05) is 7.11 Å². The first-order valence-electron chi connectivity index (χ1n) is 3.61. The molecule has 0 aliphatic carbocycles. The summed E-state index contributed by atoms with van der Waals surface area (Å²) in [6, 6.07) is 1.99. The summed E-state index contributed by atoms with van der Waals surface area (Å²) in [6.07, 6.45) is -0.322. The van der Waals surface area contributed by atoms with Crippen LogP contribution in [0.2, 0.25) is 0 Å². The molecule has 0 radical (unpaired) electrons.